The van der Waals surface area contributed by atoms with E-state index in [9.17, 15) is 8.42 Å². The first-order chi connectivity index (χ1) is 7.97. The van der Waals surface area contributed by atoms with E-state index in [0.29, 0.717) is 34.7 Å². The molecule has 1 aliphatic rings. The van der Waals surface area contributed by atoms with Crippen LogP contribution in [0.4, 0.5) is 0 Å². The van der Waals surface area contributed by atoms with Crippen molar-refractivity contribution >= 4 is 35.7 Å². The first kappa shape index (κ1) is 13.0. The van der Waals surface area contributed by atoms with E-state index in [1.165, 1.54) is 0 Å². The summed E-state index contributed by atoms with van der Waals surface area (Å²) >= 11 is 3.29. The first-order valence-electron chi connectivity index (χ1n) is 4.97. The third-order valence-electron chi connectivity index (χ3n) is 2.28. The van der Waals surface area contributed by atoms with Crippen molar-refractivity contribution in [3.63, 3.8) is 0 Å². The molecule has 1 aromatic rings. The van der Waals surface area contributed by atoms with Crippen LogP contribution in [0.2, 0.25) is 0 Å². The Hall–Kier alpha value is -0.460. The molecule has 4 nitrogen and oxygen atoms in total. The summed E-state index contributed by atoms with van der Waals surface area (Å²) in [5.41, 5.74) is 0.499. The quantitative estimate of drug-likeness (QED) is 0.776. The summed E-state index contributed by atoms with van der Waals surface area (Å²) in [7, 11) is 1.64. The Bertz CT molecular complexity index is 529. The van der Waals surface area contributed by atoms with Crippen LogP contribution in [0.1, 0.15) is 12.0 Å². The van der Waals surface area contributed by atoms with Crippen LogP contribution in [0.5, 0.6) is 11.5 Å². The number of ether oxygens (including phenoxy) is 2. The molecule has 7 heteroatoms. The van der Waals surface area contributed by atoms with Gasteiger partial charge in [0, 0.05) is 27.1 Å². The van der Waals surface area contributed by atoms with E-state index < -0.39 is 9.05 Å². The Labute approximate surface area is 112 Å². The molecule has 0 bridgehead atoms. The van der Waals surface area contributed by atoms with E-state index in [1.807, 2.05) is 0 Å². The van der Waals surface area contributed by atoms with Gasteiger partial charge >= 0.3 is 0 Å². The van der Waals surface area contributed by atoms with Crippen LogP contribution in [0.25, 0.3) is 0 Å². The lowest BCUT2D eigenvalue weighted by molar-refractivity contribution is 0.296. The van der Waals surface area contributed by atoms with E-state index in [1.54, 1.807) is 12.1 Å². The Kier molecular flexibility index (Phi) is 3.85. The van der Waals surface area contributed by atoms with Crippen molar-refractivity contribution in [2.45, 2.75) is 12.2 Å². The molecule has 0 N–H and O–H groups in total. The summed E-state index contributed by atoms with van der Waals surface area (Å²) in [6.45, 7) is 1.06. The molecule has 0 aliphatic carbocycles. The second-order valence-corrected chi connectivity index (χ2v) is 7.22. The van der Waals surface area contributed by atoms with Gasteiger partial charge in [-0.3, -0.25) is 0 Å². The molecule has 1 aromatic carbocycles. The highest BCUT2D eigenvalue weighted by Gasteiger charge is 2.21. The van der Waals surface area contributed by atoms with E-state index in [-0.39, 0.29) is 5.75 Å². The molecular weight excluding hydrogens is 332 g/mol. The van der Waals surface area contributed by atoms with Gasteiger partial charge in [0.15, 0.2) is 11.5 Å². The number of hydrogen-bond donors (Lipinski definition) is 0. The van der Waals surface area contributed by atoms with E-state index in [0.717, 1.165) is 6.42 Å². The zero-order chi connectivity index (χ0) is 12.5. The highest BCUT2D eigenvalue weighted by molar-refractivity contribution is 9.10. The maximum absolute atomic E-state index is 11.2. The molecular formula is C10H10BrClO4S. The molecule has 0 saturated carbocycles. The highest BCUT2D eigenvalue weighted by Crippen LogP contribution is 2.39. The lowest BCUT2D eigenvalue weighted by Crippen LogP contribution is -2.02. The minimum Gasteiger partial charge on any atom is -0.490 e. The molecule has 17 heavy (non-hydrogen) atoms. The molecule has 2 rings (SSSR count). The molecule has 94 valence electrons. The minimum atomic E-state index is -3.64. The summed E-state index contributed by atoms with van der Waals surface area (Å²) in [6.07, 6.45) is 0.763. The van der Waals surface area contributed by atoms with Gasteiger partial charge in [-0.2, -0.15) is 0 Å². The largest absolute Gasteiger partial charge is 0.490 e. The topological polar surface area (TPSA) is 52.6 Å². The van der Waals surface area contributed by atoms with E-state index in [4.69, 9.17) is 20.2 Å². The second kappa shape index (κ2) is 5.04. The number of rotatable bonds is 2. The Morgan fingerprint density at radius 3 is 2.71 bits per heavy atom. The Morgan fingerprint density at radius 2 is 2.00 bits per heavy atom. The minimum absolute atomic E-state index is 0.290. The van der Waals surface area contributed by atoms with Crippen molar-refractivity contribution in [2.75, 3.05) is 13.2 Å². The lowest BCUT2D eigenvalue weighted by Gasteiger charge is -2.13. The van der Waals surface area contributed by atoms with Gasteiger partial charge in [0.2, 0.25) is 9.05 Å². The normalized spacial score (nSPS) is 15.4. The van der Waals surface area contributed by atoms with Gasteiger partial charge in [0.1, 0.15) is 0 Å². The smallest absolute Gasteiger partial charge is 0.236 e. The Balaban J connectivity index is 2.49. The zero-order valence-corrected chi connectivity index (χ0v) is 11.9. The van der Waals surface area contributed by atoms with Crippen LogP contribution in [0.3, 0.4) is 0 Å². The summed E-state index contributed by atoms with van der Waals surface area (Å²) in [6, 6.07) is 3.47. The van der Waals surface area contributed by atoms with E-state index >= 15 is 0 Å². The summed E-state index contributed by atoms with van der Waals surface area (Å²) in [5, 5.41) is 0. The van der Waals surface area contributed by atoms with Crippen LogP contribution in [-0.2, 0) is 14.8 Å². The molecule has 0 spiro atoms. The van der Waals surface area contributed by atoms with Crippen LogP contribution in [-0.4, -0.2) is 21.6 Å². The van der Waals surface area contributed by atoms with Gasteiger partial charge in [-0.05, 0) is 12.1 Å². The van der Waals surface area contributed by atoms with Gasteiger partial charge in [0.25, 0.3) is 0 Å². The van der Waals surface area contributed by atoms with Crippen molar-refractivity contribution in [3.8, 4) is 11.5 Å². The predicted octanol–water partition coefficient (Wildman–Crippen LogP) is 2.68. The van der Waals surface area contributed by atoms with Crippen LogP contribution in [0, 0.1) is 0 Å². The molecule has 0 fully saturated rings. The van der Waals surface area contributed by atoms with Gasteiger partial charge in [-0.25, -0.2) is 8.42 Å². The molecule has 0 radical (unpaired) electrons. The fraction of sp³-hybridized carbons (Fsp3) is 0.400. The maximum atomic E-state index is 11.2. The third kappa shape index (κ3) is 3.26. The highest BCUT2D eigenvalue weighted by atomic mass is 79.9. The van der Waals surface area contributed by atoms with Crippen molar-refractivity contribution in [3.05, 3.63) is 22.2 Å². The summed E-state index contributed by atoms with van der Waals surface area (Å²) in [4.78, 5) is 0. The number of benzene rings is 1. The predicted molar refractivity (Wildman–Crippen MR) is 68.2 cm³/mol. The van der Waals surface area contributed by atoms with E-state index in [2.05, 4.69) is 15.9 Å². The average Bonchev–Trinajstić information content (AvgIpc) is 2.46. The van der Waals surface area contributed by atoms with Crippen LogP contribution >= 0.6 is 26.6 Å². The fourth-order valence-corrected chi connectivity index (χ4v) is 3.17. The maximum Gasteiger partial charge on any atom is 0.236 e. The van der Waals surface area contributed by atoms with Gasteiger partial charge in [-0.15, -0.1) is 0 Å². The number of hydrogen-bond acceptors (Lipinski definition) is 4. The molecule has 0 aromatic heterocycles. The SMILES string of the molecule is O=S(=O)(Cl)Cc1c(Br)ccc2c1OCCCO2. The molecule has 0 unspecified atom stereocenters. The monoisotopic (exact) mass is 340 g/mol. The van der Waals surface area contributed by atoms with Crippen LogP contribution < -0.4 is 9.47 Å². The van der Waals surface area contributed by atoms with Crippen molar-refractivity contribution < 1.29 is 17.9 Å². The molecule has 0 amide bonds. The molecule has 0 saturated heterocycles. The van der Waals surface area contributed by atoms with Crippen molar-refractivity contribution in [1.29, 1.82) is 0 Å². The summed E-state index contributed by atoms with van der Waals surface area (Å²) in [5.74, 6) is 0.726. The van der Waals surface area contributed by atoms with Crippen molar-refractivity contribution in [1.82, 2.24) is 0 Å². The number of fused-ring (bicyclic) bond motifs is 1. The second-order valence-electron chi connectivity index (χ2n) is 3.59. The average molecular weight is 342 g/mol. The zero-order valence-electron chi connectivity index (χ0n) is 8.78. The summed E-state index contributed by atoms with van der Waals surface area (Å²) < 4.78 is 34.0. The molecule has 1 aliphatic heterocycles. The van der Waals surface area contributed by atoms with Crippen LogP contribution in [0.15, 0.2) is 16.6 Å². The fourth-order valence-electron chi connectivity index (χ4n) is 1.58. The number of halogens is 2. The lowest BCUT2D eigenvalue weighted by atomic mass is 10.2. The third-order valence-corrected chi connectivity index (χ3v) is 3.98. The molecule has 0 atom stereocenters. The van der Waals surface area contributed by atoms with Gasteiger partial charge in [0.05, 0.1) is 19.0 Å². The Morgan fingerprint density at radius 1 is 1.29 bits per heavy atom. The van der Waals surface area contributed by atoms with Gasteiger partial charge in [-0.1, -0.05) is 15.9 Å². The van der Waals surface area contributed by atoms with Gasteiger partial charge < -0.3 is 9.47 Å². The molecule has 1 heterocycles. The first-order valence-corrected chi connectivity index (χ1v) is 8.24. The standard InChI is InChI=1S/C10H10BrClO4S/c11-8-2-3-9-10(16-5-1-4-15-9)7(8)6-17(12,13)14/h2-3H,1,4-6H2. The van der Waals surface area contributed by atoms with Crippen molar-refractivity contribution in [2.24, 2.45) is 0 Å².